The summed E-state index contributed by atoms with van der Waals surface area (Å²) >= 11 is 5.91. The highest BCUT2D eigenvalue weighted by Crippen LogP contribution is 2.40. The number of benzene rings is 1. The van der Waals surface area contributed by atoms with Gasteiger partial charge in [0, 0.05) is 22.5 Å². The number of aliphatic hydroxyl groups is 1. The lowest BCUT2D eigenvalue weighted by atomic mass is 9.90. The zero-order valence-corrected chi connectivity index (χ0v) is 10.9. The Balaban J connectivity index is 2.25. The van der Waals surface area contributed by atoms with Crippen LogP contribution in [0.5, 0.6) is 0 Å². The average molecular weight is 275 g/mol. The molecule has 1 aromatic heterocycles. The van der Waals surface area contributed by atoms with Crippen molar-refractivity contribution < 1.29 is 9.90 Å². The molecule has 2 aromatic rings. The number of nitrogens with zero attached hydrogens (tertiary/aromatic N) is 1. The third kappa shape index (κ3) is 1.72. The van der Waals surface area contributed by atoms with Crippen molar-refractivity contribution in [3.63, 3.8) is 0 Å². The average Bonchev–Trinajstić information content (AvgIpc) is 2.63. The maximum atomic E-state index is 12.1. The molecule has 1 aliphatic rings. The number of hydrogen-bond acceptors (Lipinski definition) is 3. The lowest BCUT2D eigenvalue weighted by Crippen LogP contribution is -2.36. The monoisotopic (exact) mass is 274 g/mol. The van der Waals surface area contributed by atoms with Crippen LogP contribution in [-0.4, -0.2) is 16.0 Å². The van der Waals surface area contributed by atoms with Crippen molar-refractivity contribution in [3.8, 4) is 0 Å². The second-order valence-corrected chi connectivity index (χ2v) is 5.01. The summed E-state index contributed by atoms with van der Waals surface area (Å²) in [6, 6.07) is 8.51. The molecule has 0 saturated heterocycles. The highest BCUT2D eigenvalue weighted by atomic mass is 35.5. The number of anilines is 1. The second kappa shape index (κ2) is 4.05. The Labute approximate surface area is 115 Å². The number of amides is 1. The summed E-state index contributed by atoms with van der Waals surface area (Å²) in [6.45, 7) is 1.90. The maximum absolute atomic E-state index is 12.1. The first-order valence-electron chi connectivity index (χ1n) is 5.79. The van der Waals surface area contributed by atoms with Crippen LogP contribution in [0.15, 0.2) is 36.5 Å². The van der Waals surface area contributed by atoms with E-state index in [1.165, 1.54) is 12.3 Å². The fourth-order valence-electron chi connectivity index (χ4n) is 2.26. The van der Waals surface area contributed by atoms with E-state index in [-0.39, 0.29) is 5.69 Å². The standard InChI is InChI=1S/C14H11ClN2O2/c1-8-2-3-11-10(6-8)14(19,13(18)17-11)12-7-9(15)4-5-16-12/h2-7,19H,1H3,(H,17,18). The molecule has 1 unspecified atom stereocenters. The third-order valence-corrected chi connectivity index (χ3v) is 3.47. The number of hydrogen-bond donors (Lipinski definition) is 2. The van der Waals surface area contributed by atoms with Crippen LogP contribution in [0, 0.1) is 6.92 Å². The van der Waals surface area contributed by atoms with Gasteiger partial charge in [0.05, 0.1) is 5.69 Å². The third-order valence-electron chi connectivity index (χ3n) is 3.23. The molecule has 2 heterocycles. The van der Waals surface area contributed by atoms with Gasteiger partial charge in [-0.1, -0.05) is 29.3 Å². The largest absolute Gasteiger partial charge is 0.370 e. The predicted molar refractivity (Wildman–Crippen MR) is 72.1 cm³/mol. The quantitative estimate of drug-likeness (QED) is 0.838. The van der Waals surface area contributed by atoms with Gasteiger partial charge < -0.3 is 10.4 Å². The summed E-state index contributed by atoms with van der Waals surface area (Å²) in [5.41, 5.74) is 0.497. The number of aromatic nitrogens is 1. The molecule has 0 radical (unpaired) electrons. The van der Waals surface area contributed by atoms with Crippen molar-refractivity contribution >= 4 is 23.2 Å². The number of rotatable bonds is 1. The molecule has 4 nitrogen and oxygen atoms in total. The van der Waals surface area contributed by atoms with Crippen LogP contribution in [0.25, 0.3) is 0 Å². The first-order chi connectivity index (χ1) is 9.01. The van der Waals surface area contributed by atoms with Gasteiger partial charge in [-0.15, -0.1) is 0 Å². The first-order valence-corrected chi connectivity index (χ1v) is 6.16. The second-order valence-electron chi connectivity index (χ2n) is 4.57. The summed E-state index contributed by atoms with van der Waals surface area (Å²) in [5.74, 6) is -0.511. The fourth-order valence-corrected chi connectivity index (χ4v) is 2.42. The van der Waals surface area contributed by atoms with Crippen LogP contribution in [0.1, 0.15) is 16.8 Å². The molecule has 19 heavy (non-hydrogen) atoms. The summed E-state index contributed by atoms with van der Waals surface area (Å²) < 4.78 is 0. The van der Waals surface area contributed by atoms with E-state index in [1.54, 1.807) is 18.2 Å². The SMILES string of the molecule is Cc1ccc2c(c1)C(O)(c1cc(Cl)ccn1)C(=O)N2. The molecule has 1 atom stereocenters. The Hall–Kier alpha value is -1.91. The van der Waals surface area contributed by atoms with Crippen LogP contribution >= 0.6 is 11.6 Å². The molecule has 1 amide bonds. The van der Waals surface area contributed by atoms with Gasteiger partial charge in [0.25, 0.3) is 5.91 Å². The number of fused-ring (bicyclic) bond motifs is 1. The van der Waals surface area contributed by atoms with Gasteiger partial charge in [-0.3, -0.25) is 9.78 Å². The molecule has 3 rings (SSSR count). The van der Waals surface area contributed by atoms with Gasteiger partial charge in [0.1, 0.15) is 0 Å². The van der Waals surface area contributed by atoms with Crippen LogP contribution in [0.3, 0.4) is 0 Å². The van der Waals surface area contributed by atoms with E-state index in [0.29, 0.717) is 16.3 Å². The Morgan fingerprint density at radius 1 is 1.32 bits per heavy atom. The van der Waals surface area contributed by atoms with Gasteiger partial charge in [0.15, 0.2) is 0 Å². The molecule has 2 N–H and O–H groups in total. The van der Waals surface area contributed by atoms with Crippen molar-refractivity contribution in [3.05, 3.63) is 58.4 Å². The van der Waals surface area contributed by atoms with Crippen LogP contribution < -0.4 is 5.32 Å². The number of pyridine rings is 1. The molecule has 0 fully saturated rings. The summed E-state index contributed by atoms with van der Waals surface area (Å²) in [5, 5.41) is 13.9. The number of nitrogens with one attached hydrogen (secondary N) is 1. The minimum atomic E-state index is -1.79. The van der Waals surface area contributed by atoms with Gasteiger partial charge in [-0.05, 0) is 25.1 Å². The highest BCUT2D eigenvalue weighted by Gasteiger charge is 2.48. The molecule has 1 aromatic carbocycles. The van der Waals surface area contributed by atoms with E-state index in [4.69, 9.17) is 11.6 Å². The van der Waals surface area contributed by atoms with Gasteiger partial charge in [0.2, 0.25) is 5.60 Å². The van der Waals surface area contributed by atoms with Crippen molar-refractivity contribution in [2.45, 2.75) is 12.5 Å². The molecular formula is C14H11ClN2O2. The molecule has 0 bridgehead atoms. The van der Waals surface area contributed by atoms with Crippen molar-refractivity contribution in [1.82, 2.24) is 4.98 Å². The summed E-state index contributed by atoms with van der Waals surface area (Å²) in [6.07, 6.45) is 1.47. The minimum absolute atomic E-state index is 0.224. The van der Waals surface area contributed by atoms with Gasteiger partial charge in [-0.2, -0.15) is 0 Å². The maximum Gasteiger partial charge on any atom is 0.267 e. The van der Waals surface area contributed by atoms with Crippen LogP contribution in [0.2, 0.25) is 5.02 Å². The number of halogens is 1. The van der Waals surface area contributed by atoms with Crippen molar-refractivity contribution in [1.29, 1.82) is 0 Å². The molecule has 0 aliphatic carbocycles. The molecule has 96 valence electrons. The highest BCUT2D eigenvalue weighted by molar-refractivity contribution is 6.30. The Kier molecular flexibility index (Phi) is 2.59. The number of carbonyl (C=O) groups is 1. The normalized spacial score (nSPS) is 21.1. The fraction of sp³-hybridized carbons (Fsp3) is 0.143. The minimum Gasteiger partial charge on any atom is -0.370 e. The smallest absolute Gasteiger partial charge is 0.267 e. The van der Waals surface area contributed by atoms with E-state index in [0.717, 1.165) is 5.56 Å². The topological polar surface area (TPSA) is 62.2 Å². The number of carbonyl (C=O) groups excluding carboxylic acids is 1. The van der Waals surface area contributed by atoms with Gasteiger partial charge >= 0.3 is 0 Å². The van der Waals surface area contributed by atoms with Crippen molar-refractivity contribution in [2.75, 3.05) is 5.32 Å². The Morgan fingerprint density at radius 3 is 2.84 bits per heavy atom. The van der Waals surface area contributed by atoms with E-state index >= 15 is 0 Å². The van der Waals surface area contributed by atoms with E-state index in [9.17, 15) is 9.90 Å². The summed E-state index contributed by atoms with van der Waals surface area (Å²) in [4.78, 5) is 16.2. The van der Waals surface area contributed by atoms with Crippen LogP contribution in [0.4, 0.5) is 5.69 Å². The Bertz CT molecular complexity index is 687. The molecule has 0 spiro atoms. The summed E-state index contributed by atoms with van der Waals surface area (Å²) in [7, 11) is 0. The van der Waals surface area contributed by atoms with E-state index in [1.807, 2.05) is 13.0 Å². The van der Waals surface area contributed by atoms with E-state index in [2.05, 4.69) is 10.3 Å². The Morgan fingerprint density at radius 2 is 2.11 bits per heavy atom. The lowest BCUT2D eigenvalue weighted by molar-refractivity contribution is -0.130. The molecular weight excluding hydrogens is 264 g/mol. The zero-order valence-electron chi connectivity index (χ0n) is 10.1. The zero-order chi connectivity index (χ0) is 13.6. The van der Waals surface area contributed by atoms with E-state index < -0.39 is 11.5 Å². The molecule has 1 aliphatic heterocycles. The van der Waals surface area contributed by atoms with Gasteiger partial charge in [-0.25, -0.2) is 0 Å². The molecule has 0 saturated carbocycles. The predicted octanol–water partition coefficient (Wildman–Crippen LogP) is 2.23. The number of aryl methyl sites for hydroxylation is 1. The van der Waals surface area contributed by atoms with Crippen LogP contribution in [-0.2, 0) is 10.4 Å². The lowest BCUT2D eigenvalue weighted by Gasteiger charge is -2.20. The first kappa shape index (κ1) is 12.1. The van der Waals surface area contributed by atoms with Crippen molar-refractivity contribution in [2.24, 2.45) is 0 Å². The molecule has 5 heteroatoms.